The van der Waals surface area contributed by atoms with Crippen LogP contribution in [0, 0.1) is 0 Å². The first-order valence-electron chi connectivity index (χ1n) is 4.49. The van der Waals surface area contributed by atoms with Crippen LogP contribution in [-0.4, -0.2) is 71.6 Å². The quantitative estimate of drug-likeness (QED) is 0.686. The fraction of sp³-hybridized carbons (Fsp3) is 0.556. The van der Waals surface area contributed by atoms with Gasteiger partial charge < -0.3 is 0 Å². The Morgan fingerprint density at radius 1 is 1.14 bits per heavy atom. The first kappa shape index (κ1) is 11.7. The predicted octanol–water partition coefficient (Wildman–Crippen LogP) is -0.732. The first-order valence-corrected chi connectivity index (χ1v) is 5.92. The summed E-state index contributed by atoms with van der Waals surface area (Å²) in [6.07, 6.45) is 3.67. The Hall–Kier alpha value is -0.361. The number of likely N-dealkylation sites (N-methyl/N-ethyl adjacent to an activating group) is 2. The number of aromatic nitrogens is 2. The second-order valence-electron chi connectivity index (χ2n) is 3.48. The summed E-state index contributed by atoms with van der Waals surface area (Å²) in [4.78, 5) is 12.8. The summed E-state index contributed by atoms with van der Waals surface area (Å²) in [7, 11) is 6.17. The summed E-state index contributed by atoms with van der Waals surface area (Å²) in [5.74, 6) is 0.943. The van der Waals surface area contributed by atoms with Gasteiger partial charge in [0.25, 0.3) is 0 Å². The van der Waals surface area contributed by atoms with Gasteiger partial charge in [-0.1, -0.05) is 0 Å². The topological polar surface area (TPSA) is 32.3 Å². The molecule has 0 unspecified atom stereocenters. The van der Waals surface area contributed by atoms with Gasteiger partial charge >= 0.3 is 98.4 Å². The summed E-state index contributed by atoms with van der Waals surface area (Å²) >= 11 is 1.31. The molecule has 1 rings (SSSR count). The minimum absolute atomic E-state index is 0.943. The van der Waals surface area contributed by atoms with Crippen LogP contribution in [0.3, 0.4) is 0 Å². The van der Waals surface area contributed by atoms with Gasteiger partial charge in [0, 0.05) is 0 Å². The van der Waals surface area contributed by atoms with Crippen molar-refractivity contribution in [2.45, 2.75) is 0 Å². The van der Waals surface area contributed by atoms with Gasteiger partial charge in [0.1, 0.15) is 0 Å². The third kappa shape index (κ3) is 3.79. The van der Waals surface area contributed by atoms with Crippen LogP contribution in [0.25, 0.3) is 0 Å². The van der Waals surface area contributed by atoms with Crippen molar-refractivity contribution in [1.82, 2.24) is 14.9 Å². The summed E-state index contributed by atoms with van der Waals surface area (Å²) in [5.41, 5.74) is 0. The summed E-state index contributed by atoms with van der Waals surface area (Å²) in [6.45, 7) is 2.00. The minimum atomic E-state index is 0.943. The van der Waals surface area contributed by atoms with E-state index in [2.05, 4.69) is 33.9 Å². The molecule has 75 valence electrons. The summed E-state index contributed by atoms with van der Waals surface area (Å²) in [5, 5.41) is 0. The van der Waals surface area contributed by atoms with Crippen molar-refractivity contribution in [2.75, 3.05) is 39.1 Å². The van der Waals surface area contributed by atoms with Crippen LogP contribution in [0.2, 0.25) is 0 Å². The molecule has 0 amide bonds. The molecule has 1 aromatic heterocycles. The van der Waals surface area contributed by atoms with E-state index in [1.807, 2.05) is 19.4 Å². The van der Waals surface area contributed by atoms with Gasteiger partial charge in [0.15, 0.2) is 0 Å². The van der Waals surface area contributed by atoms with E-state index < -0.39 is 0 Å². The van der Waals surface area contributed by atoms with Crippen LogP contribution in [0.5, 0.6) is 0 Å². The Kier molecular flexibility index (Phi) is 4.60. The van der Waals surface area contributed by atoms with E-state index >= 15 is 0 Å². The van der Waals surface area contributed by atoms with Crippen LogP contribution < -0.4 is 8.61 Å². The van der Waals surface area contributed by atoms with Crippen LogP contribution in [-0.2, 0) is 0 Å². The molecule has 0 bridgehead atoms. The van der Waals surface area contributed by atoms with Gasteiger partial charge in [-0.05, 0) is 0 Å². The summed E-state index contributed by atoms with van der Waals surface area (Å²) in [6, 6.07) is 0. The average Bonchev–Trinajstić information content (AvgIpc) is 2.15. The molecule has 0 spiro atoms. The van der Waals surface area contributed by atoms with Crippen molar-refractivity contribution < 1.29 is 0 Å². The number of hydrogen-bond donors (Lipinski definition) is 0. The van der Waals surface area contributed by atoms with Crippen LogP contribution in [0.1, 0.15) is 0 Å². The van der Waals surface area contributed by atoms with Crippen molar-refractivity contribution in [1.29, 1.82) is 0 Å². The molecule has 1 heterocycles. The zero-order chi connectivity index (χ0) is 10.6. The Labute approximate surface area is 98.4 Å². The van der Waals surface area contributed by atoms with E-state index in [0.717, 1.165) is 22.6 Å². The van der Waals surface area contributed by atoms with E-state index in [4.69, 9.17) is 0 Å². The maximum absolute atomic E-state index is 4.32. The number of anilines is 1. The fourth-order valence-corrected chi connectivity index (χ4v) is 1.35. The van der Waals surface area contributed by atoms with Gasteiger partial charge in [0.05, 0.1) is 0 Å². The Balaban J connectivity index is 2.52. The molecule has 0 aliphatic heterocycles. The van der Waals surface area contributed by atoms with Gasteiger partial charge in [-0.2, -0.15) is 0 Å². The molecule has 0 N–H and O–H groups in total. The number of hydrogen-bond acceptors (Lipinski definition) is 4. The zero-order valence-corrected chi connectivity index (χ0v) is 11.7. The SMILES string of the molecule is CN(C)CCN(C)c1cn[c]([Sn])cn1. The van der Waals surface area contributed by atoms with Crippen molar-refractivity contribution in [2.24, 2.45) is 0 Å². The molecule has 5 heteroatoms. The normalized spacial score (nSPS) is 10.6. The van der Waals surface area contributed by atoms with Crippen LogP contribution in [0.4, 0.5) is 5.82 Å². The third-order valence-electron chi connectivity index (χ3n) is 1.91. The zero-order valence-electron chi connectivity index (χ0n) is 8.86. The molecule has 0 aliphatic rings. The van der Waals surface area contributed by atoms with E-state index in [1.165, 1.54) is 22.5 Å². The Morgan fingerprint density at radius 3 is 2.36 bits per heavy atom. The van der Waals surface area contributed by atoms with Gasteiger partial charge in [0.2, 0.25) is 0 Å². The molecular formula is C9H15N4Sn. The van der Waals surface area contributed by atoms with E-state index in [0.29, 0.717) is 0 Å². The second kappa shape index (κ2) is 5.50. The van der Waals surface area contributed by atoms with Crippen molar-refractivity contribution in [3.05, 3.63) is 12.4 Å². The monoisotopic (exact) mass is 299 g/mol. The maximum atomic E-state index is 4.32. The van der Waals surface area contributed by atoms with Crippen molar-refractivity contribution in [3.63, 3.8) is 0 Å². The second-order valence-corrected chi connectivity index (χ2v) is 4.95. The molecule has 4 nitrogen and oxygen atoms in total. The molecule has 0 saturated heterocycles. The van der Waals surface area contributed by atoms with E-state index in [1.54, 1.807) is 0 Å². The molecule has 1 aromatic rings. The average molecular weight is 298 g/mol. The fourth-order valence-electron chi connectivity index (χ4n) is 0.983. The van der Waals surface area contributed by atoms with E-state index in [9.17, 15) is 0 Å². The molecule has 3 radical (unpaired) electrons. The Bertz CT molecular complexity index is 273. The first-order chi connectivity index (χ1) is 6.59. The van der Waals surface area contributed by atoms with Gasteiger partial charge in [-0.25, -0.2) is 0 Å². The van der Waals surface area contributed by atoms with E-state index in [-0.39, 0.29) is 0 Å². The molecular weight excluding hydrogens is 283 g/mol. The van der Waals surface area contributed by atoms with Crippen molar-refractivity contribution in [3.8, 4) is 0 Å². The van der Waals surface area contributed by atoms with Gasteiger partial charge in [-0.3, -0.25) is 0 Å². The third-order valence-corrected chi connectivity index (χ3v) is 2.65. The molecule has 0 fully saturated rings. The molecule has 0 aromatic carbocycles. The standard InChI is InChI=1S/C9H15N4.Sn/c1-12(2)6-7-13(3)9-8-10-4-5-11-9;/h5,8H,6-7H2,1-3H3;. The molecule has 0 saturated carbocycles. The number of rotatable bonds is 4. The molecule has 14 heavy (non-hydrogen) atoms. The van der Waals surface area contributed by atoms with Crippen LogP contribution in [0.15, 0.2) is 12.4 Å². The molecule has 0 aliphatic carbocycles. The van der Waals surface area contributed by atoms with Crippen LogP contribution >= 0.6 is 0 Å². The number of nitrogens with zero attached hydrogens (tertiary/aromatic N) is 4. The summed E-state index contributed by atoms with van der Waals surface area (Å²) < 4.78 is 1.04. The molecule has 0 atom stereocenters. The van der Waals surface area contributed by atoms with Crippen molar-refractivity contribution >= 4 is 32.1 Å². The van der Waals surface area contributed by atoms with Gasteiger partial charge in [-0.15, -0.1) is 0 Å². The Morgan fingerprint density at radius 2 is 1.86 bits per heavy atom. The predicted molar refractivity (Wildman–Crippen MR) is 59.2 cm³/mol.